The molecule has 5 heteroatoms. The second kappa shape index (κ2) is 7.69. The SMILES string of the molecule is C[C@H](CC[C@H](O)C(C)(C)O)[C@H]1CC[C@@]2(C)[C@@H]3CC[C@H]4[C@](C)(C(=O)O)[C@@H](O)CC[C@@]45C[C@@]35CC[C@]12C. The van der Waals surface area contributed by atoms with Gasteiger partial charge in [-0.15, -0.1) is 0 Å². The quantitative estimate of drug-likeness (QED) is 0.400. The number of carboxylic acid groups (broad SMARTS) is 1. The van der Waals surface area contributed by atoms with Gasteiger partial charge in [-0.2, -0.15) is 0 Å². The Morgan fingerprint density at radius 2 is 1.54 bits per heavy atom. The predicted octanol–water partition coefficient (Wildman–Crippen LogP) is 5.40. The van der Waals surface area contributed by atoms with Crippen LogP contribution < -0.4 is 0 Å². The third kappa shape index (κ3) is 3.13. The molecule has 200 valence electrons. The van der Waals surface area contributed by atoms with Crippen LogP contribution in [-0.2, 0) is 4.79 Å². The molecule has 5 rings (SSSR count). The molecular formula is C30H50O5. The first-order valence-electron chi connectivity index (χ1n) is 14.4. The van der Waals surface area contributed by atoms with Crippen LogP contribution in [0, 0.1) is 50.7 Å². The van der Waals surface area contributed by atoms with Crippen LogP contribution in [-0.4, -0.2) is 44.2 Å². The molecule has 4 N–H and O–H groups in total. The number of aliphatic hydroxyl groups excluding tert-OH is 2. The topological polar surface area (TPSA) is 98.0 Å². The lowest BCUT2D eigenvalue weighted by molar-refractivity contribution is -0.189. The summed E-state index contributed by atoms with van der Waals surface area (Å²) in [4.78, 5) is 12.5. The second-order valence-corrected chi connectivity index (χ2v) is 15.0. The van der Waals surface area contributed by atoms with Crippen molar-refractivity contribution in [1.82, 2.24) is 0 Å². The van der Waals surface area contributed by atoms with Crippen molar-refractivity contribution < 1.29 is 25.2 Å². The Balaban J connectivity index is 1.39. The van der Waals surface area contributed by atoms with Crippen molar-refractivity contribution in [3.63, 3.8) is 0 Å². The molecular weight excluding hydrogens is 440 g/mol. The Labute approximate surface area is 212 Å². The maximum absolute atomic E-state index is 12.5. The van der Waals surface area contributed by atoms with Gasteiger partial charge in [-0.25, -0.2) is 0 Å². The van der Waals surface area contributed by atoms with E-state index in [2.05, 4.69) is 20.8 Å². The molecule has 0 bridgehead atoms. The number of hydrogen-bond donors (Lipinski definition) is 4. The van der Waals surface area contributed by atoms with Crippen LogP contribution in [0.3, 0.4) is 0 Å². The van der Waals surface area contributed by atoms with Gasteiger partial charge in [-0.05, 0) is 137 Å². The van der Waals surface area contributed by atoms with Crippen LogP contribution in [0.15, 0.2) is 0 Å². The highest BCUT2D eigenvalue weighted by Gasteiger charge is 2.83. The summed E-state index contributed by atoms with van der Waals surface area (Å²) in [5.41, 5.74) is -1.14. The predicted molar refractivity (Wildman–Crippen MR) is 136 cm³/mol. The Morgan fingerprint density at radius 1 is 0.914 bits per heavy atom. The normalized spacial score (nSPS) is 52.5. The van der Waals surface area contributed by atoms with Gasteiger partial charge in [0.1, 0.15) is 0 Å². The van der Waals surface area contributed by atoms with Gasteiger partial charge in [0.05, 0.1) is 23.2 Å². The van der Waals surface area contributed by atoms with Crippen LogP contribution in [0.1, 0.15) is 112 Å². The van der Waals surface area contributed by atoms with Crippen molar-refractivity contribution in [3.05, 3.63) is 0 Å². The van der Waals surface area contributed by atoms with Gasteiger partial charge >= 0.3 is 5.97 Å². The molecule has 5 aliphatic carbocycles. The highest BCUT2D eigenvalue weighted by atomic mass is 16.4. The molecule has 0 radical (unpaired) electrons. The van der Waals surface area contributed by atoms with Gasteiger partial charge in [0, 0.05) is 0 Å². The van der Waals surface area contributed by atoms with E-state index in [1.165, 1.54) is 32.1 Å². The van der Waals surface area contributed by atoms with Gasteiger partial charge in [-0.1, -0.05) is 20.8 Å². The zero-order valence-corrected chi connectivity index (χ0v) is 22.9. The summed E-state index contributed by atoms with van der Waals surface area (Å²) in [6.45, 7) is 12.7. The average Bonchev–Trinajstić information content (AvgIpc) is 3.36. The molecule has 0 saturated heterocycles. The van der Waals surface area contributed by atoms with Crippen LogP contribution in [0.4, 0.5) is 0 Å². The van der Waals surface area contributed by atoms with Crippen LogP contribution in [0.5, 0.6) is 0 Å². The van der Waals surface area contributed by atoms with Crippen LogP contribution >= 0.6 is 0 Å². The van der Waals surface area contributed by atoms with Crippen LogP contribution in [0.2, 0.25) is 0 Å². The zero-order valence-electron chi connectivity index (χ0n) is 22.9. The Kier molecular flexibility index (Phi) is 5.71. The summed E-state index contributed by atoms with van der Waals surface area (Å²) >= 11 is 0. The lowest BCUT2D eigenvalue weighted by atomic mass is 9.41. The number of carboxylic acids is 1. The van der Waals surface area contributed by atoms with Crippen molar-refractivity contribution in [2.45, 2.75) is 130 Å². The van der Waals surface area contributed by atoms with Gasteiger partial charge in [-0.3, -0.25) is 4.79 Å². The van der Waals surface area contributed by atoms with E-state index in [0.29, 0.717) is 30.6 Å². The average molecular weight is 491 g/mol. The summed E-state index contributed by atoms with van der Waals surface area (Å²) < 4.78 is 0. The Morgan fingerprint density at radius 3 is 2.17 bits per heavy atom. The van der Waals surface area contributed by atoms with Gasteiger partial charge < -0.3 is 20.4 Å². The number of fused-ring (bicyclic) bond motifs is 2. The molecule has 5 saturated carbocycles. The van der Waals surface area contributed by atoms with E-state index in [-0.39, 0.29) is 27.6 Å². The van der Waals surface area contributed by atoms with Crippen LogP contribution in [0.25, 0.3) is 0 Å². The minimum Gasteiger partial charge on any atom is -0.481 e. The first-order chi connectivity index (χ1) is 16.1. The zero-order chi connectivity index (χ0) is 25.8. The summed E-state index contributed by atoms with van der Waals surface area (Å²) in [7, 11) is 0. The fourth-order valence-corrected chi connectivity index (χ4v) is 11.3. The van der Waals surface area contributed by atoms with Crippen molar-refractivity contribution in [3.8, 4) is 0 Å². The van der Waals surface area contributed by atoms with E-state index < -0.39 is 29.2 Å². The third-order valence-electron chi connectivity index (χ3n) is 13.7. The number of aliphatic hydroxyl groups is 3. The molecule has 0 unspecified atom stereocenters. The second-order valence-electron chi connectivity index (χ2n) is 15.0. The highest BCUT2D eigenvalue weighted by Crippen LogP contribution is 2.89. The maximum atomic E-state index is 12.5. The summed E-state index contributed by atoms with van der Waals surface area (Å²) in [6.07, 6.45) is 9.92. The molecule has 2 spiro atoms. The molecule has 0 aromatic rings. The fourth-order valence-electron chi connectivity index (χ4n) is 11.3. The molecule has 0 aromatic carbocycles. The fraction of sp³-hybridized carbons (Fsp3) is 0.967. The summed E-state index contributed by atoms with van der Waals surface area (Å²) in [5.74, 6) is 1.09. The van der Waals surface area contributed by atoms with E-state index in [9.17, 15) is 25.2 Å². The first kappa shape index (κ1) is 26.0. The molecule has 0 aliphatic heterocycles. The summed E-state index contributed by atoms with van der Waals surface area (Å²) in [5, 5.41) is 41.6. The molecule has 5 nitrogen and oxygen atoms in total. The smallest absolute Gasteiger partial charge is 0.312 e. The molecule has 5 aliphatic rings. The Bertz CT molecular complexity index is 880. The molecule has 5 fully saturated rings. The molecule has 0 heterocycles. The van der Waals surface area contributed by atoms with Gasteiger partial charge in [0.2, 0.25) is 0 Å². The number of rotatable bonds is 6. The molecule has 0 aromatic heterocycles. The minimum absolute atomic E-state index is 0.0971. The van der Waals surface area contributed by atoms with Crippen molar-refractivity contribution >= 4 is 5.97 Å². The maximum Gasteiger partial charge on any atom is 0.312 e. The first-order valence-corrected chi connectivity index (χ1v) is 14.4. The van der Waals surface area contributed by atoms with E-state index in [4.69, 9.17) is 0 Å². The van der Waals surface area contributed by atoms with Crippen molar-refractivity contribution in [2.24, 2.45) is 50.7 Å². The van der Waals surface area contributed by atoms with E-state index >= 15 is 0 Å². The standard InChI is InChI=1S/C30H50O5/c1-18(7-10-22(31)25(2,3)35)19-11-13-27(5)20-8-9-21-28(6,24(33)34)23(32)12-14-29(21)17-30(20,29)16-15-26(19,27)4/h18-23,31-32,35H,7-17H2,1-6H3,(H,33,34)/t18-,19-,20+,21+,22+,23+,26-,27+,28+,29-,30+/m1/s1. The van der Waals surface area contributed by atoms with Gasteiger partial charge in [0.25, 0.3) is 0 Å². The third-order valence-corrected chi connectivity index (χ3v) is 13.7. The van der Waals surface area contributed by atoms with Gasteiger partial charge in [0.15, 0.2) is 0 Å². The highest BCUT2D eigenvalue weighted by molar-refractivity contribution is 5.76. The lowest BCUT2D eigenvalue weighted by Gasteiger charge is -2.63. The van der Waals surface area contributed by atoms with Crippen molar-refractivity contribution in [1.29, 1.82) is 0 Å². The molecule has 11 atom stereocenters. The Hall–Kier alpha value is -0.650. The minimum atomic E-state index is -1.05. The molecule has 35 heavy (non-hydrogen) atoms. The van der Waals surface area contributed by atoms with E-state index in [1.807, 2.05) is 6.92 Å². The number of carbonyl (C=O) groups is 1. The van der Waals surface area contributed by atoms with Crippen molar-refractivity contribution in [2.75, 3.05) is 0 Å². The molecule has 0 amide bonds. The number of hydrogen-bond acceptors (Lipinski definition) is 4. The number of aliphatic carboxylic acids is 1. The summed E-state index contributed by atoms with van der Waals surface area (Å²) in [6, 6.07) is 0. The van der Waals surface area contributed by atoms with E-state index in [0.717, 1.165) is 25.7 Å². The van der Waals surface area contributed by atoms with E-state index in [1.54, 1.807) is 13.8 Å². The lowest BCUT2D eigenvalue weighted by Crippen LogP contribution is -2.60. The largest absolute Gasteiger partial charge is 0.481 e. The monoisotopic (exact) mass is 490 g/mol.